The van der Waals surface area contributed by atoms with Gasteiger partial charge in [-0.2, -0.15) is 44.9 Å². The highest BCUT2D eigenvalue weighted by Crippen LogP contribution is 2.17. The molecule has 198 valence electrons. The van der Waals surface area contributed by atoms with E-state index < -0.39 is 17.5 Å². The Bertz CT molecular complexity index is 1360. The zero-order chi connectivity index (χ0) is 28.3. The summed E-state index contributed by atoms with van der Waals surface area (Å²) in [7, 11) is 0. The number of nitrogen functional groups attached to an aromatic ring is 6. The second kappa shape index (κ2) is 10.5. The molecule has 4 rings (SSSR count). The molecule has 0 atom stereocenters. The Kier molecular flexibility index (Phi) is 6.96. The summed E-state index contributed by atoms with van der Waals surface area (Å²) in [6, 6.07) is 3.77. The van der Waals surface area contributed by atoms with Gasteiger partial charge in [-0.3, -0.25) is 19.7 Å². The number of carbonyl (C=O) groups is 3. The Morgan fingerprint density at radius 1 is 0.513 bits per heavy atom. The van der Waals surface area contributed by atoms with E-state index in [1.54, 1.807) is 0 Å². The lowest BCUT2D eigenvalue weighted by atomic mass is 9.97. The van der Waals surface area contributed by atoms with Gasteiger partial charge in [0, 0.05) is 16.7 Å². The fraction of sp³-hybridized carbons (Fsp3) is 0.100. The summed E-state index contributed by atoms with van der Waals surface area (Å²) in [5.74, 6) is -3.37. The van der Waals surface area contributed by atoms with Crippen molar-refractivity contribution in [2.45, 2.75) is 12.8 Å². The van der Waals surface area contributed by atoms with Gasteiger partial charge in [0.15, 0.2) is 11.6 Å². The van der Waals surface area contributed by atoms with Gasteiger partial charge in [-0.1, -0.05) is 0 Å². The number of benzene rings is 1. The highest BCUT2D eigenvalue weighted by Gasteiger charge is 2.20. The Morgan fingerprint density at radius 3 is 1.23 bits per heavy atom. The molecule has 3 heterocycles. The molecular weight excluding hydrogens is 512 g/mol. The Labute approximate surface area is 217 Å². The zero-order valence-electron chi connectivity index (χ0n) is 19.9. The number of rotatable bonds is 8. The molecule has 0 bridgehead atoms. The number of nitrogens with one attached hydrogen (secondary N) is 1. The monoisotopic (exact) mass is 532 g/mol. The fourth-order valence-corrected chi connectivity index (χ4v) is 3.28. The molecule has 1 amide bonds. The maximum absolute atomic E-state index is 13.1. The van der Waals surface area contributed by atoms with Gasteiger partial charge in [0.1, 0.15) is 11.6 Å². The van der Waals surface area contributed by atoms with Crippen LogP contribution in [0.5, 0.6) is 0 Å². The van der Waals surface area contributed by atoms with Crippen molar-refractivity contribution >= 4 is 59.1 Å². The van der Waals surface area contributed by atoms with E-state index in [1.165, 1.54) is 18.2 Å². The molecule has 0 saturated heterocycles. The predicted octanol–water partition coefficient (Wildman–Crippen LogP) is -2.16. The molecule has 19 nitrogen and oxygen atoms in total. The van der Waals surface area contributed by atoms with Crippen LogP contribution in [0, 0.1) is 0 Å². The minimum Gasteiger partial charge on any atom is -0.368 e. The molecule has 1 aromatic carbocycles. The van der Waals surface area contributed by atoms with Crippen molar-refractivity contribution in [1.82, 2.24) is 44.9 Å². The molecule has 19 heteroatoms. The topological polar surface area (TPSA) is 335 Å². The third-order valence-electron chi connectivity index (χ3n) is 4.80. The number of Topliss-reactive ketones (excluding diaryl/α,β-unsaturated/α-hetero) is 2. The summed E-state index contributed by atoms with van der Waals surface area (Å²) in [4.78, 5) is 73.3. The Hall–Kier alpha value is -6.14. The van der Waals surface area contributed by atoms with E-state index in [0.29, 0.717) is 0 Å². The molecule has 0 aliphatic carbocycles. The first-order valence-electron chi connectivity index (χ1n) is 10.8. The molecule has 0 radical (unpaired) electrons. The Balaban J connectivity index is 1.69. The summed E-state index contributed by atoms with van der Waals surface area (Å²) < 4.78 is 0. The van der Waals surface area contributed by atoms with Crippen LogP contribution in [-0.2, 0) is 12.8 Å². The van der Waals surface area contributed by atoms with E-state index in [9.17, 15) is 14.4 Å². The number of hydrogen-bond acceptors (Lipinski definition) is 18. The summed E-state index contributed by atoms with van der Waals surface area (Å²) in [6.45, 7) is 0. The first kappa shape index (κ1) is 25.9. The van der Waals surface area contributed by atoms with Gasteiger partial charge in [0.25, 0.3) is 5.91 Å². The summed E-state index contributed by atoms with van der Waals surface area (Å²) in [5, 5.41) is 2.39. The minimum absolute atomic E-state index is 0.0139. The van der Waals surface area contributed by atoms with Crippen molar-refractivity contribution in [2.75, 3.05) is 39.7 Å². The van der Waals surface area contributed by atoms with Crippen LogP contribution in [0.25, 0.3) is 0 Å². The summed E-state index contributed by atoms with van der Waals surface area (Å²) in [5.41, 5.74) is 33.2. The maximum atomic E-state index is 13.1. The fourth-order valence-electron chi connectivity index (χ4n) is 3.28. The lowest BCUT2D eigenvalue weighted by molar-refractivity contribution is 0.0989. The van der Waals surface area contributed by atoms with Crippen molar-refractivity contribution in [3.05, 3.63) is 46.5 Å². The highest BCUT2D eigenvalue weighted by molar-refractivity contribution is 6.09. The largest absolute Gasteiger partial charge is 0.368 e. The number of nitrogens with zero attached hydrogens (tertiary/aromatic N) is 9. The quantitative estimate of drug-likeness (QED) is 0.119. The van der Waals surface area contributed by atoms with Crippen LogP contribution < -0.4 is 39.7 Å². The average Bonchev–Trinajstić information content (AvgIpc) is 2.81. The van der Waals surface area contributed by atoms with Gasteiger partial charge in [0.2, 0.25) is 41.6 Å². The molecule has 13 N–H and O–H groups in total. The van der Waals surface area contributed by atoms with Gasteiger partial charge in [-0.15, -0.1) is 0 Å². The number of aromatic nitrogens is 9. The highest BCUT2D eigenvalue weighted by atomic mass is 16.2. The first-order chi connectivity index (χ1) is 18.4. The minimum atomic E-state index is -0.786. The lowest BCUT2D eigenvalue weighted by Gasteiger charge is -2.10. The number of ketones is 2. The van der Waals surface area contributed by atoms with E-state index in [4.69, 9.17) is 34.4 Å². The maximum Gasteiger partial charge on any atom is 0.258 e. The molecule has 0 aliphatic heterocycles. The first-order valence-corrected chi connectivity index (χ1v) is 10.8. The number of anilines is 7. The van der Waals surface area contributed by atoms with Gasteiger partial charge >= 0.3 is 0 Å². The summed E-state index contributed by atoms with van der Waals surface area (Å²) in [6.07, 6.45) is -0.729. The SMILES string of the molecule is Nc1nc(N)nc(CC(=O)c2cc(C(=O)Cc3nc(N)nc(N)n3)cc(C(=O)Nc3nc(N)nc(N)n3)c2)n1. The molecule has 4 aromatic rings. The van der Waals surface area contributed by atoms with E-state index in [0.717, 1.165) is 0 Å². The van der Waals surface area contributed by atoms with E-state index >= 15 is 0 Å². The van der Waals surface area contributed by atoms with Crippen LogP contribution >= 0.6 is 0 Å². The molecule has 0 aliphatic rings. The Morgan fingerprint density at radius 2 is 0.846 bits per heavy atom. The second-order valence-electron chi connectivity index (χ2n) is 7.76. The van der Waals surface area contributed by atoms with E-state index in [1.807, 2.05) is 0 Å². The van der Waals surface area contributed by atoms with Gasteiger partial charge in [0.05, 0.1) is 12.8 Å². The summed E-state index contributed by atoms with van der Waals surface area (Å²) >= 11 is 0. The molecule has 0 spiro atoms. The smallest absolute Gasteiger partial charge is 0.258 e. The van der Waals surface area contributed by atoms with Crippen LogP contribution in [0.4, 0.5) is 41.6 Å². The number of carbonyl (C=O) groups excluding carboxylic acids is 3. The van der Waals surface area contributed by atoms with Gasteiger partial charge in [-0.05, 0) is 18.2 Å². The number of hydrogen-bond donors (Lipinski definition) is 7. The molecule has 0 fully saturated rings. The number of amides is 1. The van der Waals surface area contributed by atoms with Crippen LogP contribution in [-0.4, -0.2) is 62.3 Å². The average molecular weight is 532 g/mol. The standard InChI is InChI=1S/C20H20N16O3/c21-14-27-11(28-15(22)32-14)4-9(37)6-1-7(10(38)5-12-29-16(23)33-17(24)30-12)3-8(2-6)13(39)31-20-35-18(25)34-19(26)36-20/h1-3H,4-5H2,(H4,21,22,27,28,32)(H4,23,24,29,30,33)(H5,25,26,31,34,35,36,39). The molecule has 3 aromatic heterocycles. The van der Waals surface area contributed by atoms with Crippen LogP contribution in [0.1, 0.15) is 42.7 Å². The van der Waals surface area contributed by atoms with E-state index in [2.05, 4.69) is 50.2 Å². The number of nitrogens with two attached hydrogens (primary N) is 6. The van der Waals surface area contributed by atoms with Crippen molar-refractivity contribution in [3.63, 3.8) is 0 Å². The van der Waals surface area contributed by atoms with Crippen LogP contribution in [0.2, 0.25) is 0 Å². The normalized spacial score (nSPS) is 10.7. The lowest BCUT2D eigenvalue weighted by Crippen LogP contribution is -2.19. The van der Waals surface area contributed by atoms with Crippen LogP contribution in [0.3, 0.4) is 0 Å². The van der Waals surface area contributed by atoms with Crippen LogP contribution in [0.15, 0.2) is 18.2 Å². The van der Waals surface area contributed by atoms with Gasteiger partial charge in [-0.25, -0.2) is 0 Å². The van der Waals surface area contributed by atoms with Crippen molar-refractivity contribution in [3.8, 4) is 0 Å². The van der Waals surface area contributed by atoms with Gasteiger partial charge < -0.3 is 34.4 Å². The van der Waals surface area contributed by atoms with Crippen molar-refractivity contribution in [2.24, 2.45) is 0 Å². The third-order valence-corrected chi connectivity index (χ3v) is 4.80. The van der Waals surface area contributed by atoms with Crippen molar-refractivity contribution < 1.29 is 14.4 Å². The molecule has 0 saturated carbocycles. The second-order valence-corrected chi connectivity index (χ2v) is 7.76. The van der Waals surface area contributed by atoms with E-state index in [-0.39, 0.29) is 82.8 Å². The van der Waals surface area contributed by atoms with Crippen molar-refractivity contribution in [1.29, 1.82) is 0 Å². The molecule has 39 heavy (non-hydrogen) atoms. The molecular formula is C20H20N16O3. The zero-order valence-corrected chi connectivity index (χ0v) is 19.9. The molecule has 0 unspecified atom stereocenters. The predicted molar refractivity (Wildman–Crippen MR) is 136 cm³/mol. The third kappa shape index (κ3) is 6.55.